The summed E-state index contributed by atoms with van der Waals surface area (Å²) >= 11 is 0. The van der Waals surface area contributed by atoms with Crippen LogP contribution in [0.2, 0.25) is 0 Å². The number of amides is 1. The molecule has 1 aliphatic rings. The number of aromatic nitrogens is 2. The highest BCUT2D eigenvalue weighted by atomic mass is 16.3. The molecule has 0 aliphatic carbocycles. The minimum Gasteiger partial charge on any atom is -0.395 e. The molecule has 1 saturated heterocycles. The van der Waals surface area contributed by atoms with E-state index < -0.39 is 0 Å². The van der Waals surface area contributed by atoms with Gasteiger partial charge in [-0.3, -0.25) is 9.69 Å². The molecule has 0 aromatic carbocycles. The predicted molar refractivity (Wildman–Crippen MR) is 80.1 cm³/mol. The number of carbonyl (C=O) groups is 1. The molecular weight excluding hydrogens is 268 g/mol. The van der Waals surface area contributed by atoms with Crippen LogP contribution in [0.1, 0.15) is 35.2 Å². The number of aryl methyl sites for hydroxylation is 2. The Morgan fingerprint density at radius 3 is 2.52 bits per heavy atom. The van der Waals surface area contributed by atoms with E-state index in [1.54, 1.807) is 6.20 Å². The molecule has 1 aliphatic heterocycles. The molecule has 1 unspecified atom stereocenters. The van der Waals surface area contributed by atoms with Crippen LogP contribution >= 0.6 is 0 Å². The van der Waals surface area contributed by atoms with Gasteiger partial charge >= 0.3 is 0 Å². The first kappa shape index (κ1) is 15.9. The summed E-state index contributed by atoms with van der Waals surface area (Å²) < 4.78 is 0. The topological polar surface area (TPSA) is 69.6 Å². The molecule has 6 nitrogen and oxygen atoms in total. The number of aliphatic hydroxyl groups is 1. The summed E-state index contributed by atoms with van der Waals surface area (Å²) in [4.78, 5) is 25.0. The summed E-state index contributed by atoms with van der Waals surface area (Å²) in [6, 6.07) is 0.201. The summed E-state index contributed by atoms with van der Waals surface area (Å²) in [6.45, 7) is 8.88. The van der Waals surface area contributed by atoms with Crippen LogP contribution in [0.25, 0.3) is 0 Å². The fourth-order valence-corrected chi connectivity index (χ4v) is 2.76. The molecule has 0 bridgehead atoms. The van der Waals surface area contributed by atoms with Gasteiger partial charge in [0.05, 0.1) is 17.9 Å². The normalized spacial score (nSPS) is 17.8. The molecule has 21 heavy (non-hydrogen) atoms. The largest absolute Gasteiger partial charge is 0.395 e. The zero-order valence-corrected chi connectivity index (χ0v) is 13.0. The maximum absolute atomic E-state index is 12.5. The number of hydrogen-bond donors (Lipinski definition) is 1. The Bertz CT molecular complexity index is 494. The number of rotatable bonds is 4. The highest BCUT2D eigenvalue weighted by molar-refractivity contribution is 5.95. The Labute approximate surface area is 125 Å². The van der Waals surface area contributed by atoms with Crippen molar-refractivity contribution in [3.63, 3.8) is 0 Å². The van der Waals surface area contributed by atoms with Crippen molar-refractivity contribution >= 4 is 5.91 Å². The van der Waals surface area contributed by atoms with E-state index in [-0.39, 0.29) is 18.6 Å². The second-order valence-corrected chi connectivity index (χ2v) is 5.49. The lowest BCUT2D eigenvalue weighted by molar-refractivity contribution is 0.0471. The van der Waals surface area contributed by atoms with Crippen LogP contribution in [-0.2, 0) is 0 Å². The van der Waals surface area contributed by atoms with Crippen LogP contribution in [0, 0.1) is 13.8 Å². The number of aliphatic hydroxyl groups excluding tert-OH is 1. The number of hydrogen-bond acceptors (Lipinski definition) is 5. The molecule has 6 heteroatoms. The van der Waals surface area contributed by atoms with Crippen LogP contribution in [0.15, 0.2) is 6.20 Å². The number of nitrogens with zero attached hydrogens (tertiary/aromatic N) is 4. The lowest BCUT2D eigenvalue weighted by atomic mass is 10.1. The van der Waals surface area contributed by atoms with Crippen LogP contribution in [0.3, 0.4) is 0 Å². The van der Waals surface area contributed by atoms with Gasteiger partial charge in [-0.1, -0.05) is 6.92 Å². The van der Waals surface area contributed by atoms with Crippen LogP contribution in [0.4, 0.5) is 0 Å². The highest BCUT2D eigenvalue weighted by Gasteiger charge is 2.26. The van der Waals surface area contributed by atoms with Crippen molar-refractivity contribution in [2.24, 2.45) is 0 Å². The molecule has 116 valence electrons. The van der Waals surface area contributed by atoms with Gasteiger partial charge < -0.3 is 10.0 Å². The lowest BCUT2D eigenvalue weighted by Crippen LogP contribution is -2.52. The van der Waals surface area contributed by atoms with Gasteiger partial charge in [0.2, 0.25) is 0 Å². The highest BCUT2D eigenvalue weighted by Crippen LogP contribution is 2.13. The third-order valence-electron chi connectivity index (χ3n) is 4.13. The van der Waals surface area contributed by atoms with E-state index in [4.69, 9.17) is 0 Å². The zero-order valence-electron chi connectivity index (χ0n) is 13.0. The number of piperazine rings is 1. The van der Waals surface area contributed by atoms with E-state index >= 15 is 0 Å². The Kier molecular flexibility index (Phi) is 5.25. The SMILES string of the molecule is CCC(CO)N1CCN(C(=O)c2cnc(C)nc2C)CC1. The first-order valence-corrected chi connectivity index (χ1v) is 7.51. The van der Waals surface area contributed by atoms with Crippen LogP contribution < -0.4 is 0 Å². The molecule has 1 aromatic heterocycles. The van der Waals surface area contributed by atoms with Gasteiger partial charge in [-0.05, 0) is 20.3 Å². The molecule has 1 amide bonds. The van der Waals surface area contributed by atoms with Gasteiger partial charge in [-0.2, -0.15) is 0 Å². The average Bonchev–Trinajstić information content (AvgIpc) is 2.48. The van der Waals surface area contributed by atoms with Crippen molar-refractivity contribution in [1.29, 1.82) is 0 Å². The Morgan fingerprint density at radius 2 is 2.00 bits per heavy atom. The molecule has 1 fully saturated rings. The summed E-state index contributed by atoms with van der Waals surface area (Å²) in [6.07, 6.45) is 2.55. The summed E-state index contributed by atoms with van der Waals surface area (Å²) in [5, 5.41) is 9.36. The van der Waals surface area contributed by atoms with E-state index in [9.17, 15) is 9.90 Å². The lowest BCUT2D eigenvalue weighted by Gasteiger charge is -2.38. The zero-order chi connectivity index (χ0) is 15.4. The van der Waals surface area contributed by atoms with Gasteiger partial charge in [-0.25, -0.2) is 9.97 Å². The molecule has 1 atom stereocenters. The Morgan fingerprint density at radius 1 is 1.33 bits per heavy atom. The van der Waals surface area contributed by atoms with Crippen LogP contribution in [0.5, 0.6) is 0 Å². The quantitative estimate of drug-likeness (QED) is 0.881. The first-order valence-electron chi connectivity index (χ1n) is 7.51. The van der Waals surface area contributed by atoms with E-state index in [0.29, 0.717) is 24.5 Å². The fraction of sp³-hybridized carbons (Fsp3) is 0.667. The van der Waals surface area contributed by atoms with E-state index in [2.05, 4.69) is 21.8 Å². The van der Waals surface area contributed by atoms with Crippen molar-refractivity contribution in [2.45, 2.75) is 33.2 Å². The summed E-state index contributed by atoms with van der Waals surface area (Å²) in [5.41, 5.74) is 1.32. The maximum Gasteiger partial charge on any atom is 0.257 e. The van der Waals surface area contributed by atoms with E-state index in [1.807, 2.05) is 18.7 Å². The minimum atomic E-state index is 0.00389. The smallest absolute Gasteiger partial charge is 0.257 e. The second kappa shape index (κ2) is 6.95. The average molecular weight is 292 g/mol. The molecular formula is C15H24N4O2. The monoisotopic (exact) mass is 292 g/mol. The van der Waals surface area contributed by atoms with Crippen molar-refractivity contribution in [1.82, 2.24) is 19.8 Å². The van der Waals surface area contributed by atoms with Crippen LogP contribution in [-0.4, -0.2) is 69.6 Å². The van der Waals surface area contributed by atoms with Crippen molar-refractivity contribution in [2.75, 3.05) is 32.8 Å². The van der Waals surface area contributed by atoms with Gasteiger partial charge in [0.1, 0.15) is 5.82 Å². The van der Waals surface area contributed by atoms with Gasteiger partial charge in [0, 0.05) is 38.4 Å². The molecule has 0 radical (unpaired) electrons. The number of carbonyl (C=O) groups excluding carboxylic acids is 1. The maximum atomic E-state index is 12.5. The van der Waals surface area contributed by atoms with Gasteiger partial charge in [-0.15, -0.1) is 0 Å². The molecule has 2 heterocycles. The van der Waals surface area contributed by atoms with E-state index in [1.165, 1.54) is 0 Å². The van der Waals surface area contributed by atoms with Gasteiger partial charge in [0.15, 0.2) is 0 Å². The standard InChI is InChI=1S/C15H24N4O2/c1-4-13(10-20)18-5-7-19(8-6-18)15(21)14-9-16-12(3)17-11(14)2/h9,13,20H,4-8,10H2,1-3H3. The molecule has 1 N–H and O–H groups in total. The molecule has 0 saturated carbocycles. The summed E-state index contributed by atoms with van der Waals surface area (Å²) in [7, 11) is 0. The van der Waals surface area contributed by atoms with E-state index in [0.717, 1.165) is 25.2 Å². The van der Waals surface area contributed by atoms with Gasteiger partial charge in [0.25, 0.3) is 5.91 Å². The Hall–Kier alpha value is -1.53. The van der Waals surface area contributed by atoms with Crippen molar-refractivity contribution in [3.8, 4) is 0 Å². The Balaban J connectivity index is 2.00. The van der Waals surface area contributed by atoms with Crippen molar-refractivity contribution in [3.05, 3.63) is 23.3 Å². The third-order valence-corrected chi connectivity index (χ3v) is 4.13. The second-order valence-electron chi connectivity index (χ2n) is 5.49. The summed E-state index contributed by atoms with van der Waals surface area (Å²) in [5.74, 6) is 0.687. The first-order chi connectivity index (χ1) is 10.1. The fourth-order valence-electron chi connectivity index (χ4n) is 2.76. The van der Waals surface area contributed by atoms with Crippen molar-refractivity contribution < 1.29 is 9.90 Å². The molecule has 0 spiro atoms. The molecule has 2 rings (SSSR count). The molecule has 1 aromatic rings. The predicted octanol–water partition coefficient (Wildman–Crippen LogP) is 0.622. The third kappa shape index (κ3) is 3.57. The minimum absolute atomic E-state index is 0.00389.